The molecule has 2 fully saturated rings. The van der Waals surface area contributed by atoms with Crippen LogP contribution in [0, 0.1) is 0 Å². The molecule has 0 radical (unpaired) electrons. The van der Waals surface area contributed by atoms with E-state index >= 15 is 0 Å². The van der Waals surface area contributed by atoms with Gasteiger partial charge in [0.25, 0.3) is 0 Å². The van der Waals surface area contributed by atoms with Gasteiger partial charge in [0.2, 0.25) is 0 Å². The molecule has 2 aliphatic rings. The second-order valence-electron chi connectivity index (χ2n) is 6.31. The van der Waals surface area contributed by atoms with Crippen LogP contribution in [0.2, 0.25) is 0 Å². The molecule has 1 saturated heterocycles. The van der Waals surface area contributed by atoms with Crippen LogP contribution in [0.25, 0.3) is 0 Å². The number of thioether (sulfide) groups is 1. The molecule has 1 saturated carbocycles. The van der Waals surface area contributed by atoms with Crippen molar-refractivity contribution in [3.05, 3.63) is 0 Å². The Morgan fingerprint density at radius 1 is 1.39 bits per heavy atom. The van der Waals surface area contributed by atoms with Crippen LogP contribution >= 0.6 is 11.8 Å². The van der Waals surface area contributed by atoms with E-state index in [1.807, 2.05) is 7.11 Å². The lowest BCUT2D eigenvalue weighted by Gasteiger charge is -2.54. The fraction of sp³-hybridized carbons (Fsp3) is 1.00. The molecule has 106 valence electrons. The van der Waals surface area contributed by atoms with Gasteiger partial charge in [0.15, 0.2) is 0 Å². The van der Waals surface area contributed by atoms with Crippen LogP contribution in [-0.2, 0) is 4.74 Å². The molecule has 0 aromatic heterocycles. The summed E-state index contributed by atoms with van der Waals surface area (Å²) in [5, 5.41) is 0. The highest BCUT2D eigenvalue weighted by molar-refractivity contribution is 8.00. The van der Waals surface area contributed by atoms with E-state index in [0.717, 1.165) is 26.1 Å². The minimum atomic E-state index is 0.0885. The largest absolute Gasteiger partial charge is 0.379 e. The summed E-state index contributed by atoms with van der Waals surface area (Å²) in [6, 6.07) is 0. The molecule has 4 heteroatoms. The highest BCUT2D eigenvalue weighted by Gasteiger charge is 2.47. The van der Waals surface area contributed by atoms with Crippen molar-refractivity contribution in [3.8, 4) is 0 Å². The zero-order valence-electron chi connectivity index (χ0n) is 12.1. The summed E-state index contributed by atoms with van der Waals surface area (Å²) in [7, 11) is 1.85. The lowest BCUT2D eigenvalue weighted by atomic mass is 9.77. The standard InChI is InChI=1S/C14H28N2OS/c1-13(2)11-16(8-9-18-13)14(10-15)7-5-4-6-12(14)17-3/h12H,4-11,15H2,1-3H3. The molecule has 2 unspecified atom stereocenters. The lowest BCUT2D eigenvalue weighted by molar-refractivity contribution is -0.0767. The molecular formula is C14H28N2OS. The van der Waals surface area contributed by atoms with Gasteiger partial charge in [-0.2, -0.15) is 11.8 Å². The van der Waals surface area contributed by atoms with Crippen molar-refractivity contribution in [1.82, 2.24) is 4.90 Å². The van der Waals surface area contributed by atoms with Gasteiger partial charge < -0.3 is 10.5 Å². The van der Waals surface area contributed by atoms with Gasteiger partial charge in [-0.3, -0.25) is 4.90 Å². The molecule has 0 amide bonds. The normalized spacial score (nSPS) is 37.7. The smallest absolute Gasteiger partial charge is 0.0767 e. The van der Waals surface area contributed by atoms with Gasteiger partial charge in [-0.25, -0.2) is 0 Å². The molecule has 0 aromatic carbocycles. The van der Waals surface area contributed by atoms with Crippen LogP contribution in [0.3, 0.4) is 0 Å². The fourth-order valence-electron chi connectivity index (χ4n) is 3.65. The third kappa shape index (κ3) is 2.72. The number of hydrogen-bond acceptors (Lipinski definition) is 4. The molecule has 0 spiro atoms. The first-order valence-corrected chi connectivity index (χ1v) is 8.14. The molecule has 1 aliphatic heterocycles. The molecule has 2 atom stereocenters. The number of nitrogens with zero attached hydrogens (tertiary/aromatic N) is 1. The van der Waals surface area contributed by atoms with Crippen LogP contribution < -0.4 is 5.73 Å². The highest BCUT2D eigenvalue weighted by atomic mass is 32.2. The first-order chi connectivity index (χ1) is 8.54. The maximum absolute atomic E-state index is 6.20. The quantitative estimate of drug-likeness (QED) is 0.854. The Morgan fingerprint density at radius 2 is 2.17 bits per heavy atom. The van der Waals surface area contributed by atoms with E-state index in [2.05, 4.69) is 30.5 Å². The first kappa shape index (κ1) is 14.6. The molecule has 3 nitrogen and oxygen atoms in total. The number of rotatable bonds is 3. The molecule has 18 heavy (non-hydrogen) atoms. The monoisotopic (exact) mass is 272 g/mol. The van der Waals surface area contributed by atoms with E-state index < -0.39 is 0 Å². The van der Waals surface area contributed by atoms with Crippen LogP contribution in [0.15, 0.2) is 0 Å². The van der Waals surface area contributed by atoms with Gasteiger partial charge in [-0.05, 0) is 26.7 Å². The van der Waals surface area contributed by atoms with Gasteiger partial charge in [-0.1, -0.05) is 12.8 Å². The van der Waals surface area contributed by atoms with Crippen molar-refractivity contribution in [1.29, 1.82) is 0 Å². The highest BCUT2D eigenvalue weighted by Crippen LogP contribution is 2.40. The Labute approximate surface area is 116 Å². The second-order valence-corrected chi connectivity index (χ2v) is 8.11. The van der Waals surface area contributed by atoms with Crippen LogP contribution in [-0.4, -0.2) is 53.8 Å². The average molecular weight is 272 g/mol. The third-order valence-electron chi connectivity index (χ3n) is 4.62. The lowest BCUT2D eigenvalue weighted by Crippen LogP contribution is -2.66. The molecule has 1 heterocycles. The number of methoxy groups -OCH3 is 1. The Hall–Kier alpha value is 0.230. The van der Waals surface area contributed by atoms with E-state index in [1.54, 1.807) is 0 Å². The predicted molar refractivity (Wildman–Crippen MR) is 79.2 cm³/mol. The summed E-state index contributed by atoms with van der Waals surface area (Å²) in [5.41, 5.74) is 6.28. The van der Waals surface area contributed by atoms with Gasteiger partial charge in [0.1, 0.15) is 0 Å². The minimum absolute atomic E-state index is 0.0885. The van der Waals surface area contributed by atoms with Crippen molar-refractivity contribution in [2.24, 2.45) is 5.73 Å². The fourth-order valence-corrected chi connectivity index (χ4v) is 4.76. The maximum Gasteiger partial charge on any atom is 0.0767 e. The van der Waals surface area contributed by atoms with E-state index in [0.29, 0.717) is 10.9 Å². The molecular weight excluding hydrogens is 244 g/mol. The maximum atomic E-state index is 6.20. The van der Waals surface area contributed by atoms with E-state index in [1.165, 1.54) is 25.0 Å². The van der Waals surface area contributed by atoms with Crippen molar-refractivity contribution >= 4 is 11.8 Å². The minimum Gasteiger partial charge on any atom is -0.379 e. The number of nitrogens with two attached hydrogens (primary N) is 1. The first-order valence-electron chi connectivity index (χ1n) is 7.16. The van der Waals surface area contributed by atoms with Crippen LogP contribution in [0.1, 0.15) is 39.5 Å². The van der Waals surface area contributed by atoms with Crippen LogP contribution in [0.4, 0.5) is 0 Å². The average Bonchev–Trinajstić information content (AvgIpc) is 2.37. The molecule has 0 bridgehead atoms. The summed E-state index contributed by atoms with van der Waals surface area (Å²) < 4.78 is 6.13. The SMILES string of the molecule is COC1CCCCC1(CN)N1CCSC(C)(C)C1. The number of hydrogen-bond donors (Lipinski definition) is 1. The van der Waals surface area contributed by atoms with E-state index in [-0.39, 0.29) is 5.54 Å². The molecule has 1 aliphatic carbocycles. The Morgan fingerprint density at radius 3 is 2.78 bits per heavy atom. The summed E-state index contributed by atoms with van der Waals surface area (Å²) in [4.78, 5) is 2.64. The topological polar surface area (TPSA) is 38.5 Å². The summed E-state index contributed by atoms with van der Waals surface area (Å²) in [5.74, 6) is 1.21. The van der Waals surface area contributed by atoms with Gasteiger partial charge >= 0.3 is 0 Å². The van der Waals surface area contributed by atoms with Gasteiger partial charge in [0, 0.05) is 37.2 Å². The Balaban J connectivity index is 2.19. The molecule has 2 N–H and O–H groups in total. The zero-order valence-corrected chi connectivity index (χ0v) is 12.9. The third-order valence-corrected chi connectivity index (χ3v) is 5.92. The summed E-state index contributed by atoms with van der Waals surface area (Å²) in [6.45, 7) is 7.71. The molecule has 0 aromatic rings. The Bertz CT molecular complexity index is 285. The second kappa shape index (κ2) is 5.70. The predicted octanol–water partition coefficient (Wildman–Crippen LogP) is 2.10. The Kier molecular flexibility index (Phi) is 4.63. The molecule has 2 rings (SSSR count). The van der Waals surface area contributed by atoms with Crippen molar-refractivity contribution in [3.63, 3.8) is 0 Å². The van der Waals surface area contributed by atoms with E-state index in [9.17, 15) is 0 Å². The van der Waals surface area contributed by atoms with E-state index in [4.69, 9.17) is 10.5 Å². The summed E-state index contributed by atoms with van der Waals surface area (Å²) in [6.07, 6.45) is 5.25. The zero-order chi connectivity index (χ0) is 13.2. The van der Waals surface area contributed by atoms with Crippen molar-refractivity contribution in [2.45, 2.75) is 55.9 Å². The number of ether oxygens (including phenoxy) is 1. The van der Waals surface area contributed by atoms with Gasteiger partial charge in [-0.15, -0.1) is 0 Å². The summed E-state index contributed by atoms with van der Waals surface area (Å²) >= 11 is 2.08. The van der Waals surface area contributed by atoms with Crippen molar-refractivity contribution < 1.29 is 4.74 Å². The van der Waals surface area contributed by atoms with Crippen molar-refractivity contribution in [2.75, 3.05) is 32.5 Å². The van der Waals surface area contributed by atoms with Gasteiger partial charge in [0.05, 0.1) is 11.6 Å². The van der Waals surface area contributed by atoms with Crippen LogP contribution in [0.5, 0.6) is 0 Å².